The highest BCUT2D eigenvalue weighted by molar-refractivity contribution is 14.0. The van der Waals surface area contributed by atoms with Crippen LogP contribution in [0.15, 0.2) is 47.5 Å². The molecule has 2 aromatic carbocycles. The predicted octanol–water partition coefficient (Wildman–Crippen LogP) is 4.30. The maximum Gasteiger partial charge on any atom is 0.269 e. The molecule has 0 bridgehead atoms. The molecule has 1 N–H and O–H groups in total. The molecule has 0 saturated heterocycles. The van der Waals surface area contributed by atoms with Crippen molar-refractivity contribution < 1.29 is 14.4 Å². The monoisotopic (exact) mass is 556 g/mol. The number of rotatable bonds is 11. The summed E-state index contributed by atoms with van der Waals surface area (Å²) in [5, 5.41) is 14.1. The number of aryl methyl sites for hydroxylation is 1. The van der Waals surface area contributed by atoms with E-state index in [1.54, 1.807) is 33.4 Å². The van der Waals surface area contributed by atoms with E-state index in [1.807, 2.05) is 37.4 Å². The maximum atomic E-state index is 10.7. The van der Waals surface area contributed by atoms with E-state index in [9.17, 15) is 10.1 Å². The SMILES string of the molecule is CN=C(NCCCCc1ccc([N+](=O)[O-])cc1)N(C)CCc1ccc(OC)c(OC)c1.I. The molecule has 0 radical (unpaired) electrons. The van der Waals surface area contributed by atoms with Crippen LogP contribution in [0, 0.1) is 10.1 Å². The summed E-state index contributed by atoms with van der Waals surface area (Å²) in [5.41, 5.74) is 2.41. The molecule has 8 nitrogen and oxygen atoms in total. The first-order chi connectivity index (χ1) is 15.0. The van der Waals surface area contributed by atoms with Gasteiger partial charge in [-0.05, 0) is 48.9 Å². The van der Waals surface area contributed by atoms with Gasteiger partial charge >= 0.3 is 0 Å². The van der Waals surface area contributed by atoms with Crippen LogP contribution in [0.5, 0.6) is 11.5 Å². The number of nitro benzene ring substituents is 1. The molecule has 0 aromatic heterocycles. The molecule has 0 heterocycles. The third-order valence-electron chi connectivity index (χ3n) is 5.08. The molecule has 0 aliphatic heterocycles. The number of guanidine groups is 1. The zero-order valence-electron chi connectivity index (χ0n) is 19.2. The average Bonchev–Trinajstić information content (AvgIpc) is 2.79. The van der Waals surface area contributed by atoms with Gasteiger partial charge in [0, 0.05) is 39.3 Å². The molecule has 0 aliphatic carbocycles. The molecule has 0 atom stereocenters. The minimum atomic E-state index is -0.374. The van der Waals surface area contributed by atoms with Crippen LogP contribution < -0.4 is 14.8 Å². The fourth-order valence-electron chi connectivity index (χ4n) is 3.26. The minimum absolute atomic E-state index is 0. The number of benzene rings is 2. The van der Waals surface area contributed by atoms with Crippen LogP contribution in [0.2, 0.25) is 0 Å². The summed E-state index contributed by atoms with van der Waals surface area (Å²) in [6.07, 6.45) is 3.74. The molecule has 9 heteroatoms. The fraction of sp³-hybridized carbons (Fsp3) is 0.435. The van der Waals surface area contributed by atoms with E-state index in [2.05, 4.69) is 15.2 Å². The quantitative estimate of drug-likeness (QED) is 0.111. The number of methoxy groups -OCH3 is 2. The van der Waals surface area contributed by atoms with Gasteiger partial charge < -0.3 is 19.7 Å². The Morgan fingerprint density at radius 1 is 1.03 bits per heavy atom. The molecule has 2 aromatic rings. The molecular formula is C23H33IN4O4. The maximum absolute atomic E-state index is 10.7. The van der Waals surface area contributed by atoms with E-state index >= 15 is 0 Å². The van der Waals surface area contributed by atoms with Crippen LogP contribution in [0.4, 0.5) is 5.69 Å². The summed E-state index contributed by atoms with van der Waals surface area (Å²) in [7, 11) is 7.08. The molecule has 0 amide bonds. The number of hydrogen-bond donors (Lipinski definition) is 1. The Bertz CT molecular complexity index is 875. The third kappa shape index (κ3) is 8.52. The summed E-state index contributed by atoms with van der Waals surface area (Å²) in [4.78, 5) is 16.8. The normalized spacial score (nSPS) is 10.8. The van der Waals surface area contributed by atoms with Gasteiger partial charge in [0.05, 0.1) is 19.1 Å². The summed E-state index contributed by atoms with van der Waals surface area (Å²) in [5.74, 6) is 2.32. The van der Waals surface area contributed by atoms with Gasteiger partial charge in [0.2, 0.25) is 0 Å². The number of aliphatic imine (C=N–C) groups is 1. The van der Waals surface area contributed by atoms with Crippen LogP contribution >= 0.6 is 24.0 Å². The zero-order chi connectivity index (χ0) is 22.6. The first-order valence-electron chi connectivity index (χ1n) is 10.3. The Balaban J connectivity index is 0.00000512. The number of hydrogen-bond acceptors (Lipinski definition) is 5. The van der Waals surface area contributed by atoms with Crippen molar-refractivity contribution >= 4 is 35.6 Å². The molecule has 0 spiro atoms. The van der Waals surface area contributed by atoms with Crippen molar-refractivity contribution in [3.8, 4) is 11.5 Å². The van der Waals surface area contributed by atoms with E-state index in [0.29, 0.717) is 0 Å². The van der Waals surface area contributed by atoms with Gasteiger partial charge in [0.1, 0.15) is 0 Å². The summed E-state index contributed by atoms with van der Waals surface area (Å²) in [6, 6.07) is 12.7. The molecule has 0 aliphatic rings. The van der Waals surface area contributed by atoms with Gasteiger partial charge in [-0.2, -0.15) is 0 Å². The number of nitrogens with one attached hydrogen (secondary N) is 1. The number of ether oxygens (including phenoxy) is 2. The smallest absolute Gasteiger partial charge is 0.269 e. The van der Waals surface area contributed by atoms with Gasteiger partial charge in [-0.3, -0.25) is 15.1 Å². The zero-order valence-corrected chi connectivity index (χ0v) is 21.5. The Hall–Kier alpha value is -2.56. The van der Waals surface area contributed by atoms with Crippen LogP contribution in [0.25, 0.3) is 0 Å². The number of likely N-dealkylation sites (N-methyl/N-ethyl adjacent to an activating group) is 1. The number of unbranched alkanes of at least 4 members (excludes halogenated alkanes) is 1. The van der Waals surface area contributed by atoms with E-state index in [4.69, 9.17) is 9.47 Å². The standard InChI is InChI=1S/C23H32N4O4.HI/c1-24-23(25-15-6-5-7-18-8-11-20(12-9-18)27(28)29)26(2)16-14-19-10-13-21(30-3)22(17-19)31-4;/h8-13,17H,5-7,14-16H2,1-4H3,(H,24,25);1H. The summed E-state index contributed by atoms with van der Waals surface area (Å²) >= 11 is 0. The Morgan fingerprint density at radius 3 is 2.28 bits per heavy atom. The van der Waals surface area contributed by atoms with E-state index in [-0.39, 0.29) is 34.6 Å². The highest BCUT2D eigenvalue weighted by atomic mass is 127. The van der Waals surface area contributed by atoms with Gasteiger partial charge in [-0.25, -0.2) is 0 Å². The second-order valence-corrected chi connectivity index (χ2v) is 7.22. The highest BCUT2D eigenvalue weighted by Gasteiger charge is 2.09. The molecule has 0 fully saturated rings. The molecular weight excluding hydrogens is 523 g/mol. The Kier molecular flexibility index (Phi) is 12.4. The van der Waals surface area contributed by atoms with Crippen LogP contribution in [0.1, 0.15) is 24.0 Å². The second-order valence-electron chi connectivity index (χ2n) is 7.22. The van der Waals surface area contributed by atoms with Gasteiger partial charge in [0.25, 0.3) is 5.69 Å². The average molecular weight is 556 g/mol. The largest absolute Gasteiger partial charge is 0.493 e. The van der Waals surface area contributed by atoms with Gasteiger partial charge in [0.15, 0.2) is 17.5 Å². The van der Waals surface area contributed by atoms with Crippen molar-refractivity contribution in [2.75, 3.05) is 41.4 Å². The Labute approximate surface area is 207 Å². The lowest BCUT2D eigenvalue weighted by molar-refractivity contribution is -0.384. The lowest BCUT2D eigenvalue weighted by atomic mass is 10.1. The summed E-state index contributed by atoms with van der Waals surface area (Å²) in [6.45, 7) is 1.64. The van der Waals surface area contributed by atoms with Crippen molar-refractivity contribution in [3.05, 3.63) is 63.7 Å². The number of nitrogens with zero attached hydrogens (tertiary/aromatic N) is 3. The fourth-order valence-corrected chi connectivity index (χ4v) is 3.26. The predicted molar refractivity (Wildman–Crippen MR) is 139 cm³/mol. The summed E-state index contributed by atoms with van der Waals surface area (Å²) < 4.78 is 10.7. The lowest BCUT2D eigenvalue weighted by Crippen LogP contribution is -2.40. The van der Waals surface area contributed by atoms with Crippen LogP contribution in [-0.4, -0.2) is 57.2 Å². The van der Waals surface area contributed by atoms with Crippen LogP contribution in [0.3, 0.4) is 0 Å². The second kappa shape index (κ2) is 14.5. The molecule has 0 unspecified atom stereocenters. The van der Waals surface area contributed by atoms with Crippen molar-refractivity contribution in [2.45, 2.75) is 25.7 Å². The van der Waals surface area contributed by atoms with Crippen molar-refractivity contribution in [2.24, 2.45) is 4.99 Å². The molecule has 0 saturated carbocycles. The van der Waals surface area contributed by atoms with Crippen molar-refractivity contribution in [1.82, 2.24) is 10.2 Å². The first kappa shape index (κ1) is 27.5. The highest BCUT2D eigenvalue weighted by Crippen LogP contribution is 2.27. The van der Waals surface area contributed by atoms with Crippen molar-refractivity contribution in [1.29, 1.82) is 0 Å². The van der Waals surface area contributed by atoms with Gasteiger partial charge in [-0.1, -0.05) is 18.2 Å². The molecule has 2 rings (SSSR count). The minimum Gasteiger partial charge on any atom is -0.493 e. The van der Waals surface area contributed by atoms with Crippen molar-refractivity contribution in [3.63, 3.8) is 0 Å². The number of non-ortho nitro benzene ring substituents is 1. The van der Waals surface area contributed by atoms with Crippen LogP contribution in [-0.2, 0) is 12.8 Å². The third-order valence-corrected chi connectivity index (χ3v) is 5.08. The number of nitro groups is 1. The topological polar surface area (TPSA) is 89.2 Å². The van der Waals surface area contributed by atoms with E-state index in [0.717, 1.165) is 61.8 Å². The Morgan fingerprint density at radius 2 is 1.69 bits per heavy atom. The van der Waals surface area contributed by atoms with Gasteiger partial charge in [-0.15, -0.1) is 24.0 Å². The van der Waals surface area contributed by atoms with E-state index in [1.165, 1.54) is 5.56 Å². The molecule has 32 heavy (non-hydrogen) atoms. The lowest BCUT2D eigenvalue weighted by Gasteiger charge is -2.22. The number of halogens is 1. The van der Waals surface area contributed by atoms with E-state index < -0.39 is 0 Å². The molecule has 176 valence electrons. The first-order valence-corrected chi connectivity index (χ1v) is 10.3.